The normalized spacial score (nSPS) is 30.9. The minimum Gasteiger partial charge on any atom is -0.0613 e. The molecule has 4 fully saturated rings. The molecule has 4 saturated carbocycles. The Bertz CT molecular complexity index is 927. The number of fused-ring (bicyclic) bond motifs is 1. The van der Waals surface area contributed by atoms with E-state index in [0.29, 0.717) is 11.3 Å². The van der Waals surface area contributed by atoms with Crippen molar-refractivity contribution in [3.8, 4) is 11.1 Å². The van der Waals surface area contributed by atoms with Crippen molar-refractivity contribution in [1.82, 2.24) is 0 Å². The molecule has 0 amide bonds. The fourth-order valence-electron chi connectivity index (χ4n) is 7.64. The van der Waals surface area contributed by atoms with Crippen LogP contribution in [0.4, 0.5) is 0 Å². The summed E-state index contributed by atoms with van der Waals surface area (Å²) in [6, 6.07) is 16.1. The van der Waals surface area contributed by atoms with Gasteiger partial charge in [-0.2, -0.15) is 0 Å². The van der Waals surface area contributed by atoms with Crippen molar-refractivity contribution in [3.05, 3.63) is 71.1 Å². The zero-order chi connectivity index (χ0) is 19.6. The van der Waals surface area contributed by atoms with E-state index in [9.17, 15) is 0 Å². The van der Waals surface area contributed by atoms with Crippen LogP contribution in [0.2, 0.25) is 0 Å². The van der Waals surface area contributed by atoms with Crippen LogP contribution in [0.1, 0.15) is 81.4 Å². The van der Waals surface area contributed by atoms with Gasteiger partial charge in [-0.1, -0.05) is 68.0 Å². The zero-order valence-corrected chi connectivity index (χ0v) is 20.9. The Morgan fingerprint density at radius 1 is 0.867 bits per heavy atom. The van der Waals surface area contributed by atoms with Gasteiger partial charge in [-0.25, -0.2) is 0 Å². The Hall–Kier alpha value is -0.937. The first-order valence-electron chi connectivity index (χ1n) is 11.9. The first-order valence-corrected chi connectivity index (χ1v) is 11.9. The molecule has 5 aliphatic carbocycles. The van der Waals surface area contributed by atoms with Gasteiger partial charge in [0.1, 0.15) is 0 Å². The largest absolute Gasteiger partial charge is 0.0613 e. The van der Waals surface area contributed by atoms with Crippen molar-refractivity contribution in [2.24, 2.45) is 23.2 Å². The van der Waals surface area contributed by atoms with E-state index >= 15 is 0 Å². The van der Waals surface area contributed by atoms with Crippen molar-refractivity contribution in [2.75, 3.05) is 0 Å². The van der Waals surface area contributed by atoms with Crippen molar-refractivity contribution >= 4 is 6.08 Å². The van der Waals surface area contributed by atoms with Gasteiger partial charge in [0, 0.05) is 32.6 Å². The summed E-state index contributed by atoms with van der Waals surface area (Å²) in [7, 11) is 0. The third-order valence-electron chi connectivity index (χ3n) is 8.44. The Morgan fingerprint density at radius 2 is 1.50 bits per heavy atom. The van der Waals surface area contributed by atoms with Crippen LogP contribution in [0, 0.1) is 29.6 Å². The SMILES string of the molecule is CC(C)c1ccc(-c2cccc3c2C=C(CC24CC5CC(CC(C5)C2)C4)[CH]3)cc1.[Zr]. The van der Waals surface area contributed by atoms with Gasteiger partial charge in [0.15, 0.2) is 0 Å². The molecular weight excluding hydrogens is 440 g/mol. The van der Waals surface area contributed by atoms with E-state index in [4.69, 9.17) is 0 Å². The number of hydrogen-bond acceptors (Lipinski definition) is 0. The standard InChI is InChI=1S/C29H33.Zr/c1-19(2)24-6-8-25(9-7-24)27-5-3-4-26-13-23(14-28(26)27)18-29-15-20-10-21(16-29)12-22(11-20)17-29;/h3-9,13-14,19-22H,10-12,15-18H2,1-2H3;. The topological polar surface area (TPSA) is 0 Å². The van der Waals surface area contributed by atoms with Gasteiger partial charge in [0.2, 0.25) is 0 Å². The van der Waals surface area contributed by atoms with E-state index < -0.39 is 0 Å². The first kappa shape index (κ1) is 20.9. The number of allylic oxidation sites excluding steroid dienone is 1. The first-order chi connectivity index (χ1) is 14.1. The molecule has 0 atom stereocenters. The Labute approximate surface area is 201 Å². The molecule has 0 unspecified atom stereocenters. The van der Waals surface area contributed by atoms with Gasteiger partial charge in [0.05, 0.1) is 0 Å². The number of benzene rings is 2. The van der Waals surface area contributed by atoms with E-state index in [1.807, 2.05) is 0 Å². The second kappa shape index (κ2) is 7.88. The summed E-state index contributed by atoms with van der Waals surface area (Å²) in [6.45, 7) is 4.54. The molecule has 4 bridgehead atoms. The van der Waals surface area contributed by atoms with E-state index in [1.54, 1.807) is 5.57 Å². The quantitative estimate of drug-likeness (QED) is 0.422. The van der Waals surface area contributed by atoms with Gasteiger partial charge in [-0.05, 0) is 102 Å². The molecule has 0 spiro atoms. The van der Waals surface area contributed by atoms with Crippen molar-refractivity contribution in [2.45, 2.75) is 64.7 Å². The van der Waals surface area contributed by atoms with Crippen molar-refractivity contribution in [3.63, 3.8) is 0 Å². The van der Waals surface area contributed by atoms with Crippen LogP contribution in [-0.4, -0.2) is 0 Å². The predicted octanol–water partition coefficient (Wildman–Crippen LogP) is 8.03. The van der Waals surface area contributed by atoms with E-state index in [0.717, 1.165) is 17.8 Å². The molecule has 2 aromatic carbocycles. The molecule has 7 rings (SSSR count). The Morgan fingerprint density at radius 3 is 2.10 bits per heavy atom. The summed E-state index contributed by atoms with van der Waals surface area (Å²) in [6.07, 6.45) is 15.5. The molecule has 0 saturated heterocycles. The molecule has 0 nitrogen and oxygen atoms in total. The number of rotatable bonds is 4. The third kappa shape index (κ3) is 3.64. The molecule has 1 heteroatoms. The van der Waals surface area contributed by atoms with Crippen molar-refractivity contribution in [1.29, 1.82) is 0 Å². The van der Waals surface area contributed by atoms with Crippen LogP contribution < -0.4 is 0 Å². The fourth-order valence-corrected chi connectivity index (χ4v) is 7.64. The van der Waals surface area contributed by atoms with Crippen LogP contribution >= 0.6 is 0 Å². The van der Waals surface area contributed by atoms with Crippen LogP contribution in [0.25, 0.3) is 17.2 Å². The molecule has 1 radical (unpaired) electrons. The molecule has 5 aliphatic rings. The van der Waals surface area contributed by atoms with Crippen LogP contribution in [0.15, 0.2) is 48.0 Å². The molecule has 0 heterocycles. The summed E-state index contributed by atoms with van der Waals surface area (Å²) in [5.74, 6) is 3.72. The Kier molecular flexibility index (Phi) is 5.50. The van der Waals surface area contributed by atoms with Gasteiger partial charge < -0.3 is 0 Å². The third-order valence-corrected chi connectivity index (χ3v) is 8.44. The smallest absolute Gasteiger partial charge is 0.0164 e. The second-order valence-corrected chi connectivity index (χ2v) is 11.0. The molecule has 30 heavy (non-hydrogen) atoms. The van der Waals surface area contributed by atoms with Crippen LogP contribution in [0.3, 0.4) is 0 Å². The van der Waals surface area contributed by atoms with E-state index in [2.05, 4.69) is 68.8 Å². The average molecular weight is 473 g/mol. The number of hydrogen-bond donors (Lipinski definition) is 0. The summed E-state index contributed by atoms with van der Waals surface area (Å²) >= 11 is 0. The molecule has 0 N–H and O–H groups in total. The van der Waals surface area contributed by atoms with Gasteiger partial charge in [-0.15, -0.1) is 0 Å². The van der Waals surface area contributed by atoms with Crippen molar-refractivity contribution < 1.29 is 26.2 Å². The molecular formula is C29H33Zr. The fraction of sp³-hybridized carbons (Fsp3) is 0.483. The molecule has 0 aliphatic heterocycles. The van der Waals surface area contributed by atoms with E-state index in [-0.39, 0.29) is 26.2 Å². The zero-order valence-electron chi connectivity index (χ0n) is 18.5. The summed E-state index contributed by atoms with van der Waals surface area (Å²) in [5, 5.41) is 0. The summed E-state index contributed by atoms with van der Waals surface area (Å²) < 4.78 is 0. The average Bonchev–Trinajstić information content (AvgIpc) is 3.08. The van der Waals surface area contributed by atoms with E-state index in [1.165, 1.54) is 72.8 Å². The minimum absolute atomic E-state index is 0. The summed E-state index contributed by atoms with van der Waals surface area (Å²) in [5.41, 5.74) is 9.26. The maximum Gasteiger partial charge on any atom is 0.0164 e. The molecule has 153 valence electrons. The molecule has 2 aromatic rings. The predicted molar refractivity (Wildman–Crippen MR) is 123 cm³/mol. The Balaban J connectivity index is 0.00000193. The van der Waals surface area contributed by atoms with Gasteiger partial charge in [0.25, 0.3) is 0 Å². The summed E-state index contributed by atoms with van der Waals surface area (Å²) in [4.78, 5) is 0. The van der Waals surface area contributed by atoms with Gasteiger partial charge in [-0.3, -0.25) is 0 Å². The van der Waals surface area contributed by atoms with Crippen LogP contribution in [-0.2, 0) is 26.2 Å². The molecule has 0 aromatic heterocycles. The maximum atomic E-state index is 2.53. The van der Waals surface area contributed by atoms with Gasteiger partial charge >= 0.3 is 0 Å². The maximum absolute atomic E-state index is 2.53. The minimum atomic E-state index is 0. The van der Waals surface area contributed by atoms with Crippen LogP contribution in [0.5, 0.6) is 0 Å². The monoisotopic (exact) mass is 471 g/mol. The second-order valence-electron chi connectivity index (χ2n) is 11.0.